The average molecular weight is 428 g/mol. The van der Waals surface area contributed by atoms with Crippen molar-refractivity contribution >= 4 is 38.9 Å². The number of fused-ring (bicyclic) bond motifs is 1. The monoisotopic (exact) mass is 427 g/mol. The number of aryl methyl sites for hydroxylation is 2. The predicted molar refractivity (Wildman–Crippen MR) is 109 cm³/mol. The van der Waals surface area contributed by atoms with Crippen molar-refractivity contribution in [3.05, 3.63) is 75.9 Å². The van der Waals surface area contributed by atoms with Crippen LogP contribution >= 0.6 is 11.3 Å². The Morgan fingerprint density at radius 1 is 1.00 bits per heavy atom. The summed E-state index contributed by atoms with van der Waals surface area (Å²) in [5.41, 5.74) is 2.58. The van der Waals surface area contributed by atoms with Gasteiger partial charge in [-0.05, 0) is 49.2 Å². The van der Waals surface area contributed by atoms with E-state index in [4.69, 9.17) is 0 Å². The summed E-state index contributed by atoms with van der Waals surface area (Å²) in [6.45, 7) is 3.67. The van der Waals surface area contributed by atoms with Gasteiger partial charge in [-0.25, -0.2) is 8.42 Å². The molecule has 0 spiro atoms. The zero-order valence-corrected chi connectivity index (χ0v) is 17.3. The van der Waals surface area contributed by atoms with Crippen LogP contribution in [0.3, 0.4) is 0 Å². The number of aromatic nitrogens is 1. The zero-order chi connectivity index (χ0) is 20.8. The molecule has 29 heavy (non-hydrogen) atoms. The smallest absolute Gasteiger partial charge is 0.278 e. The molecule has 0 bridgehead atoms. The number of amides is 2. The molecular formula is C20H17N3O4S2. The maximum atomic E-state index is 12.8. The van der Waals surface area contributed by atoms with Crippen molar-refractivity contribution in [2.24, 2.45) is 0 Å². The van der Waals surface area contributed by atoms with E-state index in [1.54, 1.807) is 18.2 Å². The first-order valence-corrected chi connectivity index (χ1v) is 11.1. The normalized spacial score (nSPS) is 13.7. The van der Waals surface area contributed by atoms with Crippen LogP contribution in [0.2, 0.25) is 0 Å². The van der Waals surface area contributed by atoms with E-state index in [0.29, 0.717) is 10.6 Å². The molecule has 0 aliphatic carbocycles. The second-order valence-corrected chi connectivity index (χ2v) is 9.77. The van der Waals surface area contributed by atoms with Gasteiger partial charge in [-0.2, -0.15) is 0 Å². The molecule has 3 aromatic rings. The van der Waals surface area contributed by atoms with E-state index in [9.17, 15) is 18.0 Å². The van der Waals surface area contributed by atoms with Crippen LogP contribution in [-0.4, -0.2) is 30.1 Å². The Morgan fingerprint density at radius 2 is 1.72 bits per heavy atom. The van der Waals surface area contributed by atoms with Crippen LogP contribution < -0.4 is 4.72 Å². The first-order chi connectivity index (χ1) is 13.8. The van der Waals surface area contributed by atoms with Gasteiger partial charge in [0.05, 0.1) is 17.8 Å². The van der Waals surface area contributed by atoms with Crippen molar-refractivity contribution in [2.75, 3.05) is 4.72 Å². The van der Waals surface area contributed by atoms with E-state index in [-0.39, 0.29) is 22.0 Å². The minimum Gasteiger partial charge on any atom is -0.278 e. The lowest BCUT2D eigenvalue weighted by molar-refractivity contribution is 0.0642. The standard InChI is InChI=1S/C20H17N3O4S2/c1-12-5-3-6-13(2)17(12)22-29(26,27)16-9-8-14(28-16)11-23-19(24)15-7-4-10-21-18(15)20(23)25/h3-10,22H,11H2,1-2H3. The number of pyridine rings is 1. The highest BCUT2D eigenvalue weighted by Gasteiger charge is 2.36. The highest BCUT2D eigenvalue weighted by molar-refractivity contribution is 7.94. The Labute approximate surface area is 172 Å². The van der Waals surface area contributed by atoms with Gasteiger partial charge < -0.3 is 0 Å². The van der Waals surface area contributed by atoms with Gasteiger partial charge in [0.1, 0.15) is 9.90 Å². The van der Waals surface area contributed by atoms with Gasteiger partial charge in [0, 0.05) is 11.1 Å². The van der Waals surface area contributed by atoms with Gasteiger partial charge in [0.15, 0.2) is 0 Å². The van der Waals surface area contributed by atoms with Crippen molar-refractivity contribution in [3.8, 4) is 0 Å². The minimum atomic E-state index is -3.78. The quantitative estimate of drug-likeness (QED) is 0.630. The lowest BCUT2D eigenvalue weighted by Crippen LogP contribution is -2.28. The largest absolute Gasteiger partial charge is 0.280 e. The number of thiophene rings is 1. The number of para-hydroxylation sites is 1. The Hall–Kier alpha value is -3.04. The second-order valence-electron chi connectivity index (χ2n) is 6.69. The van der Waals surface area contributed by atoms with Crippen LogP contribution in [-0.2, 0) is 16.6 Å². The summed E-state index contributed by atoms with van der Waals surface area (Å²) in [7, 11) is -3.78. The summed E-state index contributed by atoms with van der Waals surface area (Å²) < 4.78 is 28.4. The summed E-state index contributed by atoms with van der Waals surface area (Å²) in [5.74, 6) is -0.901. The molecule has 9 heteroatoms. The van der Waals surface area contributed by atoms with Gasteiger partial charge in [-0.15, -0.1) is 11.3 Å². The fourth-order valence-electron chi connectivity index (χ4n) is 3.16. The number of carbonyl (C=O) groups is 2. The molecule has 0 unspecified atom stereocenters. The molecular weight excluding hydrogens is 410 g/mol. The Morgan fingerprint density at radius 3 is 2.41 bits per heavy atom. The fraction of sp³-hybridized carbons (Fsp3) is 0.150. The lowest BCUT2D eigenvalue weighted by Gasteiger charge is -2.12. The summed E-state index contributed by atoms with van der Waals surface area (Å²) in [6.07, 6.45) is 1.46. The van der Waals surface area contributed by atoms with Crippen LogP contribution in [0, 0.1) is 13.8 Å². The molecule has 148 valence electrons. The van der Waals surface area contributed by atoms with Crippen molar-refractivity contribution in [2.45, 2.75) is 24.6 Å². The SMILES string of the molecule is Cc1cccc(C)c1NS(=O)(=O)c1ccc(CN2C(=O)c3cccnc3C2=O)s1. The van der Waals surface area contributed by atoms with Crippen molar-refractivity contribution < 1.29 is 18.0 Å². The molecule has 3 heterocycles. The van der Waals surface area contributed by atoms with Crippen LogP contribution in [0.1, 0.15) is 36.9 Å². The maximum Gasteiger partial charge on any atom is 0.280 e. The summed E-state index contributed by atoms with van der Waals surface area (Å²) in [6, 6.07) is 11.8. The fourth-order valence-corrected chi connectivity index (χ4v) is 5.71. The average Bonchev–Trinajstić information content (AvgIpc) is 3.26. The number of nitrogens with zero attached hydrogens (tertiary/aromatic N) is 2. The van der Waals surface area contributed by atoms with E-state index in [2.05, 4.69) is 9.71 Å². The molecule has 0 atom stereocenters. The molecule has 1 aromatic carbocycles. The number of hydrogen-bond donors (Lipinski definition) is 1. The molecule has 2 amide bonds. The second kappa shape index (κ2) is 7.09. The van der Waals surface area contributed by atoms with Gasteiger partial charge in [0.25, 0.3) is 21.8 Å². The van der Waals surface area contributed by atoms with Crippen molar-refractivity contribution in [1.82, 2.24) is 9.88 Å². The van der Waals surface area contributed by atoms with E-state index in [1.165, 1.54) is 12.3 Å². The van der Waals surface area contributed by atoms with Gasteiger partial charge >= 0.3 is 0 Å². The first-order valence-electron chi connectivity index (χ1n) is 8.77. The van der Waals surface area contributed by atoms with E-state index < -0.39 is 21.8 Å². The van der Waals surface area contributed by atoms with Gasteiger partial charge in [-0.1, -0.05) is 18.2 Å². The lowest BCUT2D eigenvalue weighted by atomic mass is 10.1. The number of nitrogens with one attached hydrogen (secondary N) is 1. The molecule has 4 rings (SSSR count). The highest BCUT2D eigenvalue weighted by Crippen LogP contribution is 2.29. The maximum absolute atomic E-state index is 12.8. The number of sulfonamides is 1. The Balaban J connectivity index is 1.56. The molecule has 7 nitrogen and oxygen atoms in total. The Kier molecular flexibility index (Phi) is 4.71. The molecule has 0 fully saturated rings. The van der Waals surface area contributed by atoms with Crippen LogP contribution in [0.15, 0.2) is 52.9 Å². The Bertz CT molecular complexity index is 1190. The summed E-state index contributed by atoms with van der Waals surface area (Å²) in [4.78, 5) is 30.6. The van der Waals surface area contributed by atoms with E-state index in [0.717, 1.165) is 27.4 Å². The molecule has 1 aliphatic rings. The third-order valence-electron chi connectivity index (χ3n) is 4.66. The predicted octanol–water partition coefficient (Wildman–Crippen LogP) is 3.36. The van der Waals surface area contributed by atoms with E-state index >= 15 is 0 Å². The third kappa shape index (κ3) is 3.43. The van der Waals surface area contributed by atoms with Crippen molar-refractivity contribution in [1.29, 1.82) is 0 Å². The first kappa shape index (κ1) is 19.3. The minimum absolute atomic E-state index is 0.00238. The molecule has 2 aromatic heterocycles. The molecule has 0 saturated heterocycles. The van der Waals surface area contributed by atoms with Crippen LogP contribution in [0.5, 0.6) is 0 Å². The van der Waals surface area contributed by atoms with Crippen LogP contribution in [0.25, 0.3) is 0 Å². The van der Waals surface area contributed by atoms with Crippen molar-refractivity contribution in [3.63, 3.8) is 0 Å². The molecule has 1 N–H and O–H groups in total. The third-order valence-corrected chi connectivity index (χ3v) is 7.58. The molecule has 0 radical (unpaired) electrons. The summed E-state index contributed by atoms with van der Waals surface area (Å²) in [5, 5.41) is 0. The number of anilines is 1. The highest BCUT2D eigenvalue weighted by atomic mass is 32.2. The number of carbonyl (C=O) groups excluding carboxylic acids is 2. The van der Waals surface area contributed by atoms with Gasteiger partial charge in [0.2, 0.25) is 0 Å². The zero-order valence-electron chi connectivity index (χ0n) is 15.7. The number of rotatable bonds is 5. The van der Waals surface area contributed by atoms with Gasteiger partial charge in [-0.3, -0.25) is 24.2 Å². The van der Waals surface area contributed by atoms with E-state index in [1.807, 2.05) is 32.0 Å². The molecule has 0 saturated carbocycles. The molecule has 1 aliphatic heterocycles. The number of hydrogen-bond acceptors (Lipinski definition) is 6. The topological polar surface area (TPSA) is 96.4 Å². The summed E-state index contributed by atoms with van der Waals surface area (Å²) >= 11 is 1.02. The number of benzene rings is 1. The number of imide groups is 1. The van der Waals surface area contributed by atoms with Crippen LogP contribution in [0.4, 0.5) is 5.69 Å².